The first kappa shape index (κ1) is 12.2. The lowest BCUT2D eigenvalue weighted by Gasteiger charge is -2.03. The summed E-state index contributed by atoms with van der Waals surface area (Å²) in [4.78, 5) is 9.26. The van der Waals surface area contributed by atoms with E-state index in [0.717, 1.165) is 22.1 Å². The molecule has 0 aliphatic carbocycles. The van der Waals surface area contributed by atoms with Gasteiger partial charge in [-0.1, -0.05) is 38.6 Å². The molecule has 3 rings (SSSR count). The van der Waals surface area contributed by atoms with Gasteiger partial charge in [0.25, 0.3) is 0 Å². The van der Waals surface area contributed by atoms with Gasteiger partial charge in [-0.3, -0.25) is 4.99 Å². The Labute approximate surface area is 116 Å². The Hall–Kier alpha value is -0.870. The number of fused-ring (bicyclic) bond motifs is 1. The van der Waals surface area contributed by atoms with Crippen molar-refractivity contribution in [1.82, 2.24) is 4.98 Å². The third-order valence-corrected chi connectivity index (χ3v) is 5.32. The predicted octanol–water partition coefficient (Wildman–Crippen LogP) is 4.30. The van der Waals surface area contributed by atoms with Crippen molar-refractivity contribution >= 4 is 38.4 Å². The molecule has 1 aromatic heterocycles. The fourth-order valence-corrected chi connectivity index (χ4v) is 4.00. The summed E-state index contributed by atoms with van der Waals surface area (Å²) >= 11 is 3.61. The van der Waals surface area contributed by atoms with Gasteiger partial charge < -0.3 is 0 Å². The van der Waals surface area contributed by atoms with Crippen LogP contribution in [0.15, 0.2) is 23.2 Å². The average molecular weight is 276 g/mol. The van der Waals surface area contributed by atoms with Crippen LogP contribution in [0.5, 0.6) is 0 Å². The van der Waals surface area contributed by atoms with Crippen LogP contribution in [0.25, 0.3) is 10.2 Å². The van der Waals surface area contributed by atoms with Crippen molar-refractivity contribution in [2.24, 2.45) is 4.99 Å². The van der Waals surface area contributed by atoms with Gasteiger partial charge in [0.05, 0.1) is 16.8 Å². The summed E-state index contributed by atoms with van der Waals surface area (Å²) in [6.45, 7) is 7.59. The van der Waals surface area contributed by atoms with Crippen LogP contribution < -0.4 is 0 Å². The number of hydrogen-bond donors (Lipinski definition) is 0. The van der Waals surface area contributed by atoms with Crippen LogP contribution in [0.1, 0.15) is 37.3 Å². The predicted molar refractivity (Wildman–Crippen MR) is 82.2 cm³/mol. The summed E-state index contributed by atoms with van der Waals surface area (Å²) in [5, 5.41) is 2.80. The van der Waals surface area contributed by atoms with Gasteiger partial charge in [-0.25, -0.2) is 4.98 Å². The molecule has 1 aliphatic rings. The molecule has 0 fully saturated rings. The fraction of sp³-hybridized carbons (Fsp3) is 0.429. The molecule has 0 bridgehead atoms. The molecule has 1 atom stereocenters. The minimum atomic E-state index is 0.568. The van der Waals surface area contributed by atoms with Gasteiger partial charge in [-0.2, -0.15) is 0 Å². The molecule has 0 saturated carbocycles. The van der Waals surface area contributed by atoms with Gasteiger partial charge in [0.15, 0.2) is 0 Å². The number of nitrogens with zero attached hydrogens (tertiary/aromatic N) is 2. The molecule has 0 saturated heterocycles. The Bertz CT molecular complexity index is 613. The monoisotopic (exact) mass is 276 g/mol. The third kappa shape index (κ3) is 2.19. The minimum absolute atomic E-state index is 0.568. The van der Waals surface area contributed by atoms with Crippen LogP contribution in [0.3, 0.4) is 0 Å². The SMILES string of the molecule is CC(C)c1ccc2nc(C3=NC[C@@H](C)S3)sc2c1. The molecule has 2 heterocycles. The van der Waals surface area contributed by atoms with Crippen LogP contribution in [0, 0.1) is 0 Å². The largest absolute Gasteiger partial charge is 0.274 e. The zero-order valence-corrected chi connectivity index (χ0v) is 12.4. The number of thioether (sulfide) groups is 1. The van der Waals surface area contributed by atoms with E-state index < -0.39 is 0 Å². The maximum absolute atomic E-state index is 4.70. The Morgan fingerprint density at radius 3 is 2.83 bits per heavy atom. The first-order chi connectivity index (χ1) is 8.63. The molecule has 2 aromatic rings. The number of thiazole rings is 1. The second-order valence-corrected chi connectivity index (χ2v) is 7.43. The molecule has 0 spiro atoms. The van der Waals surface area contributed by atoms with Gasteiger partial charge in [0.2, 0.25) is 0 Å². The second-order valence-electron chi connectivity index (χ2n) is 4.98. The molecule has 0 radical (unpaired) electrons. The molecule has 0 N–H and O–H groups in total. The van der Waals surface area contributed by atoms with Crippen molar-refractivity contribution in [2.45, 2.75) is 31.9 Å². The minimum Gasteiger partial charge on any atom is -0.274 e. The van der Waals surface area contributed by atoms with E-state index in [1.165, 1.54) is 10.3 Å². The van der Waals surface area contributed by atoms with Crippen LogP contribution in [0.2, 0.25) is 0 Å². The van der Waals surface area contributed by atoms with E-state index in [0.29, 0.717) is 11.2 Å². The third-order valence-electron chi connectivity index (χ3n) is 3.07. The van der Waals surface area contributed by atoms with Gasteiger partial charge in [0.1, 0.15) is 10.1 Å². The van der Waals surface area contributed by atoms with Gasteiger partial charge in [0, 0.05) is 5.25 Å². The normalized spacial score (nSPS) is 19.8. The van der Waals surface area contributed by atoms with E-state index in [1.54, 1.807) is 11.3 Å². The Balaban J connectivity index is 2.01. The van der Waals surface area contributed by atoms with Gasteiger partial charge in [-0.15, -0.1) is 11.3 Å². The highest BCUT2D eigenvalue weighted by Crippen LogP contribution is 2.31. The molecular formula is C14H16N2S2. The summed E-state index contributed by atoms with van der Waals surface area (Å²) in [7, 11) is 0. The number of aromatic nitrogens is 1. The lowest BCUT2D eigenvalue weighted by atomic mass is 10.0. The van der Waals surface area contributed by atoms with E-state index in [4.69, 9.17) is 4.98 Å². The quantitative estimate of drug-likeness (QED) is 0.817. The van der Waals surface area contributed by atoms with E-state index in [-0.39, 0.29) is 0 Å². The van der Waals surface area contributed by atoms with Crippen molar-refractivity contribution in [3.8, 4) is 0 Å². The molecule has 2 nitrogen and oxygen atoms in total. The highest BCUT2D eigenvalue weighted by atomic mass is 32.2. The first-order valence-corrected chi connectivity index (χ1v) is 7.95. The number of benzene rings is 1. The number of hydrogen-bond acceptors (Lipinski definition) is 4. The van der Waals surface area contributed by atoms with Crippen molar-refractivity contribution in [3.63, 3.8) is 0 Å². The molecule has 1 aromatic carbocycles. The fourth-order valence-electron chi connectivity index (χ4n) is 1.99. The lowest BCUT2D eigenvalue weighted by Crippen LogP contribution is -1.94. The van der Waals surface area contributed by atoms with Crippen molar-refractivity contribution in [2.75, 3.05) is 6.54 Å². The zero-order chi connectivity index (χ0) is 12.7. The molecule has 1 aliphatic heterocycles. The summed E-state index contributed by atoms with van der Waals surface area (Å²) in [6, 6.07) is 6.59. The van der Waals surface area contributed by atoms with Crippen LogP contribution in [-0.2, 0) is 0 Å². The Morgan fingerprint density at radius 1 is 1.33 bits per heavy atom. The van der Waals surface area contributed by atoms with E-state index >= 15 is 0 Å². The average Bonchev–Trinajstić information content (AvgIpc) is 2.93. The van der Waals surface area contributed by atoms with Gasteiger partial charge >= 0.3 is 0 Å². The van der Waals surface area contributed by atoms with Crippen molar-refractivity contribution < 1.29 is 0 Å². The molecule has 94 valence electrons. The summed E-state index contributed by atoms with van der Waals surface area (Å²) < 4.78 is 1.28. The lowest BCUT2D eigenvalue weighted by molar-refractivity contribution is 0.869. The highest BCUT2D eigenvalue weighted by Gasteiger charge is 2.19. The first-order valence-electron chi connectivity index (χ1n) is 6.25. The second kappa shape index (κ2) is 4.67. The molecular weight excluding hydrogens is 260 g/mol. The molecule has 0 amide bonds. The summed E-state index contributed by atoms with van der Waals surface area (Å²) in [6.07, 6.45) is 0. The van der Waals surface area contributed by atoms with E-state index in [1.807, 2.05) is 11.8 Å². The summed E-state index contributed by atoms with van der Waals surface area (Å²) in [5.41, 5.74) is 2.48. The maximum atomic E-state index is 4.70. The molecule has 4 heteroatoms. The molecule has 18 heavy (non-hydrogen) atoms. The molecule has 0 unspecified atom stereocenters. The summed E-state index contributed by atoms with van der Waals surface area (Å²) in [5.74, 6) is 0.568. The van der Waals surface area contributed by atoms with Crippen molar-refractivity contribution in [3.05, 3.63) is 28.8 Å². The standard InChI is InChI=1S/C14H16N2S2/c1-8(2)10-4-5-11-12(6-10)18-14(16-11)13-15-7-9(3)17-13/h4-6,8-9H,7H2,1-3H3/t9-/m1/s1. The number of aliphatic imine (C=N–C) groups is 1. The van der Waals surface area contributed by atoms with Crippen LogP contribution in [0.4, 0.5) is 0 Å². The van der Waals surface area contributed by atoms with Crippen LogP contribution in [-0.4, -0.2) is 21.8 Å². The van der Waals surface area contributed by atoms with Crippen LogP contribution >= 0.6 is 23.1 Å². The maximum Gasteiger partial charge on any atom is 0.149 e. The van der Waals surface area contributed by atoms with Crippen molar-refractivity contribution in [1.29, 1.82) is 0 Å². The highest BCUT2D eigenvalue weighted by molar-refractivity contribution is 8.15. The Kier molecular flexibility index (Phi) is 3.16. The van der Waals surface area contributed by atoms with E-state index in [9.17, 15) is 0 Å². The van der Waals surface area contributed by atoms with E-state index in [2.05, 4.69) is 44.0 Å². The topological polar surface area (TPSA) is 25.2 Å². The number of rotatable bonds is 2. The zero-order valence-electron chi connectivity index (χ0n) is 10.8. The van der Waals surface area contributed by atoms with Gasteiger partial charge in [-0.05, 0) is 23.6 Å². The Morgan fingerprint density at radius 2 is 2.17 bits per heavy atom. The smallest absolute Gasteiger partial charge is 0.149 e.